The van der Waals surface area contributed by atoms with E-state index in [4.69, 9.17) is 9.47 Å². The van der Waals surface area contributed by atoms with E-state index in [9.17, 15) is 9.59 Å². The molecular weight excluding hydrogens is 466 g/mol. The highest BCUT2D eigenvalue weighted by Crippen LogP contribution is 2.38. The molecule has 2 aliphatic rings. The molecule has 0 bridgehead atoms. The van der Waals surface area contributed by atoms with E-state index in [0.29, 0.717) is 50.5 Å². The zero-order valence-electron chi connectivity index (χ0n) is 22.5. The van der Waals surface area contributed by atoms with E-state index in [-0.39, 0.29) is 17.9 Å². The Kier molecular flexibility index (Phi) is 9.09. The van der Waals surface area contributed by atoms with E-state index >= 15 is 0 Å². The monoisotopic (exact) mass is 507 g/mol. The van der Waals surface area contributed by atoms with Crippen molar-refractivity contribution in [2.45, 2.75) is 51.5 Å². The van der Waals surface area contributed by atoms with Gasteiger partial charge in [0.15, 0.2) is 0 Å². The molecule has 0 radical (unpaired) electrons. The Morgan fingerprint density at radius 2 is 1.89 bits per heavy atom. The molecular formula is C30H41N3O4. The number of ether oxygens (including phenoxy) is 2. The maximum atomic E-state index is 13.5. The molecule has 0 aromatic heterocycles. The highest BCUT2D eigenvalue weighted by molar-refractivity contribution is 5.95. The van der Waals surface area contributed by atoms with Crippen LogP contribution >= 0.6 is 0 Å². The van der Waals surface area contributed by atoms with Crippen molar-refractivity contribution in [3.63, 3.8) is 0 Å². The van der Waals surface area contributed by atoms with Crippen LogP contribution in [-0.4, -0.2) is 74.6 Å². The molecule has 2 aromatic carbocycles. The molecule has 1 saturated heterocycles. The van der Waals surface area contributed by atoms with Gasteiger partial charge in [0.1, 0.15) is 24.7 Å². The van der Waals surface area contributed by atoms with E-state index in [1.165, 1.54) is 5.56 Å². The number of carbonyl (C=O) groups is 2. The van der Waals surface area contributed by atoms with Gasteiger partial charge in [-0.15, -0.1) is 0 Å². The van der Waals surface area contributed by atoms with E-state index in [0.717, 1.165) is 38.0 Å². The Hall–Kier alpha value is -3.06. The fraction of sp³-hybridized carbons (Fsp3) is 0.533. The number of nitrogens with one attached hydrogen (secondary N) is 1. The molecule has 2 heterocycles. The van der Waals surface area contributed by atoms with Crippen molar-refractivity contribution >= 4 is 11.8 Å². The van der Waals surface area contributed by atoms with Crippen molar-refractivity contribution in [3.8, 4) is 11.5 Å². The van der Waals surface area contributed by atoms with E-state index in [1.807, 2.05) is 62.3 Å². The number of amides is 2. The average Bonchev–Trinajstić information content (AvgIpc) is 2.90. The van der Waals surface area contributed by atoms with Crippen molar-refractivity contribution in [2.75, 3.05) is 46.9 Å². The van der Waals surface area contributed by atoms with Crippen molar-refractivity contribution in [1.29, 1.82) is 0 Å². The number of hydrogen-bond acceptors (Lipinski definition) is 5. The summed E-state index contributed by atoms with van der Waals surface area (Å²) in [7, 11) is 4.00. The number of nitrogens with zero attached hydrogens (tertiary/aromatic N) is 2. The number of para-hydroxylation sites is 1. The van der Waals surface area contributed by atoms with E-state index < -0.39 is 5.41 Å². The smallest absolute Gasteiger partial charge is 0.253 e. The first kappa shape index (κ1) is 27.0. The number of fused-ring (bicyclic) bond motifs is 1. The zero-order chi connectivity index (χ0) is 26.3. The lowest BCUT2D eigenvalue weighted by Crippen LogP contribution is -2.52. The minimum Gasteiger partial charge on any atom is -0.492 e. The molecule has 37 heavy (non-hydrogen) atoms. The van der Waals surface area contributed by atoms with Gasteiger partial charge in [0.05, 0.1) is 11.5 Å². The molecule has 0 unspecified atom stereocenters. The normalized spacial score (nSPS) is 20.3. The molecule has 1 atom stereocenters. The summed E-state index contributed by atoms with van der Waals surface area (Å²) in [5, 5.41) is 3.21. The quantitative estimate of drug-likeness (QED) is 0.658. The number of hydrogen-bond donors (Lipinski definition) is 1. The maximum absolute atomic E-state index is 13.5. The average molecular weight is 508 g/mol. The van der Waals surface area contributed by atoms with Crippen LogP contribution in [-0.2, 0) is 11.2 Å². The minimum atomic E-state index is -0.444. The van der Waals surface area contributed by atoms with Crippen LogP contribution < -0.4 is 14.8 Å². The number of carbonyl (C=O) groups excluding carboxylic acids is 2. The van der Waals surface area contributed by atoms with Crippen LogP contribution in [0.1, 0.15) is 54.9 Å². The van der Waals surface area contributed by atoms with Crippen LogP contribution in [0.25, 0.3) is 0 Å². The van der Waals surface area contributed by atoms with Crippen molar-refractivity contribution in [2.24, 2.45) is 5.41 Å². The molecule has 0 saturated carbocycles. The Balaban J connectivity index is 1.39. The highest BCUT2D eigenvalue weighted by Gasteiger charge is 2.42. The van der Waals surface area contributed by atoms with Gasteiger partial charge < -0.3 is 24.6 Å². The highest BCUT2D eigenvalue weighted by atomic mass is 16.5. The predicted octanol–water partition coefficient (Wildman–Crippen LogP) is 4.16. The molecule has 7 heteroatoms. The van der Waals surface area contributed by atoms with Gasteiger partial charge in [-0.2, -0.15) is 0 Å². The van der Waals surface area contributed by atoms with Gasteiger partial charge in [-0.1, -0.05) is 30.7 Å². The molecule has 0 aliphatic carbocycles. The van der Waals surface area contributed by atoms with Crippen molar-refractivity contribution < 1.29 is 19.1 Å². The molecule has 1 N–H and O–H groups in total. The molecule has 1 fully saturated rings. The van der Waals surface area contributed by atoms with Gasteiger partial charge in [0, 0.05) is 25.2 Å². The van der Waals surface area contributed by atoms with Crippen LogP contribution in [0.3, 0.4) is 0 Å². The van der Waals surface area contributed by atoms with Gasteiger partial charge in [-0.3, -0.25) is 9.59 Å². The van der Waals surface area contributed by atoms with Gasteiger partial charge in [-0.05, 0) is 83.0 Å². The molecule has 2 aliphatic heterocycles. The predicted molar refractivity (Wildman–Crippen MR) is 145 cm³/mol. The Labute approximate surface area is 221 Å². The first-order valence-corrected chi connectivity index (χ1v) is 13.5. The summed E-state index contributed by atoms with van der Waals surface area (Å²) in [5.41, 5.74) is 1.41. The van der Waals surface area contributed by atoms with Crippen LogP contribution in [0.4, 0.5) is 0 Å². The Morgan fingerprint density at radius 3 is 2.68 bits per heavy atom. The number of likely N-dealkylation sites (tertiary alicyclic amines) is 1. The SMILES string of the molecule is C[C@H]1COc2ccccc2CCCCC2(CCN(C(=O)c3cccc(OCCN(C)C)c3)CC2)C(=O)N1. The molecule has 1 spiro atoms. The fourth-order valence-electron chi connectivity index (χ4n) is 5.24. The molecule has 7 nitrogen and oxygen atoms in total. The molecule has 200 valence electrons. The molecule has 2 amide bonds. The van der Waals surface area contributed by atoms with Crippen LogP contribution in [0, 0.1) is 5.41 Å². The number of benzene rings is 2. The Morgan fingerprint density at radius 1 is 1.11 bits per heavy atom. The summed E-state index contributed by atoms with van der Waals surface area (Å²) >= 11 is 0. The third-order valence-corrected chi connectivity index (χ3v) is 7.57. The number of aryl methyl sites for hydroxylation is 1. The number of likely N-dealkylation sites (N-methyl/N-ethyl adjacent to an activating group) is 1. The van der Waals surface area contributed by atoms with Gasteiger partial charge in [0.25, 0.3) is 5.91 Å². The summed E-state index contributed by atoms with van der Waals surface area (Å²) in [6, 6.07) is 15.5. The largest absolute Gasteiger partial charge is 0.492 e. The lowest BCUT2D eigenvalue weighted by atomic mass is 9.73. The summed E-state index contributed by atoms with van der Waals surface area (Å²) < 4.78 is 11.9. The second-order valence-corrected chi connectivity index (χ2v) is 10.8. The maximum Gasteiger partial charge on any atom is 0.253 e. The van der Waals surface area contributed by atoms with Crippen molar-refractivity contribution in [1.82, 2.24) is 15.1 Å². The standard InChI is InChI=1S/C30H41N3O4/c1-23-22-37-27-13-5-4-9-24(27)10-6-7-14-30(29(35)31-23)15-17-33(18-16-30)28(34)25-11-8-12-26(21-25)36-20-19-32(2)3/h4-5,8-9,11-13,21,23H,6-7,10,14-20,22H2,1-3H3,(H,31,35)/t23-/m0/s1. The van der Waals surface area contributed by atoms with E-state index in [2.05, 4.69) is 22.3 Å². The number of rotatable bonds is 5. The van der Waals surface area contributed by atoms with E-state index in [1.54, 1.807) is 0 Å². The second kappa shape index (κ2) is 12.5. The summed E-state index contributed by atoms with van der Waals surface area (Å²) in [6.45, 7) is 4.97. The fourth-order valence-corrected chi connectivity index (χ4v) is 5.24. The molecule has 4 rings (SSSR count). The third-order valence-electron chi connectivity index (χ3n) is 7.57. The molecule has 2 aromatic rings. The topological polar surface area (TPSA) is 71.1 Å². The lowest BCUT2D eigenvalue weighted by molar-refractivity contribution is -0.135. The zero-order valence-corrected chi connectivity index (χ0v) is 22.5. The van der Waals surface area contributed by atoms with Gasteiger partial charge >= 0.3 is 0 Å². The third kappa shape index (κ3) is 7.04. The van der Waals surface area contributed by atoms with Crippen molar-refractivity contribution in [3.05, 3.63) is 59.7 Å². The number of piperidine rings is 1. The lowest BCUT2D eigenvalue weighted by Gasteiger charge is -2.41. The summed E-state index contributed by atoms with van der Waals surface area (Å²) in [6.07, 6.45) is 5.11. The second-order valence-electron chi connectivity index (χ2n) is 10.8. The summed E-state index contributed by atoms with van der Waals surface area (Å²) in [4.78, 5) is 30.8. The first-order valence-electron chi connectivity index (χ1n) is 13.5. The first-order chi connectivity index (χ1) is 17.9. The summed E-state index contributed by atoms with van der Waals surface area (Å²) in [5.74, 6) is 1.72. The minimum absolute atomic E-state index is 0.000142. The van der Waals surface area contributed by atoms with Gasteiger partial charge in [-0.25, -0.2) is 0 Å². The van der Waals surface area contributed by atoms with Crippen LogP contribution in [0.2, 0.25) is 0 Å². The van der Waals surface area contributed by atoms with Crippen LogP contribution in [0.15, 0.2) is 48.5 Å². The van der Waals surface area contributed by atoms with Gasteiger partial charge in [0.2, 0.25) is 5.91 Å². The Bertz CT molecular complexity index is 1060. The van der Waals surface area contributed by atoms with Crippen LogP contribution in [0.5, 0.6) is 11.5 Å².